The number of piperidine rings is 1. The fourth-order valence-electron chi connectivity index (χ4n) is 4.35. The number of thiophene rings is 1. The number of carbonyl (C=O) groups excluding carboxylic acids is 1. The summed E-state index contributed by atoms with van der Waals surface area (Å²) in [5.74, 6) is 1.45. The van der Waals surface area contributed by atoms with E-state index in [1.165, 1.54) is 39.2 Å². The van der Waals surface area contributed by atoms with Crippen molar-refractivity contribution in [1.82, 2.24) is 19.2 Å². The number of carbonyl (C=O) groups is 1. The molecule has 1 amide bonds. The highest BCUT2D eigenvalue weighted by Gasteiger charge is 2.29. The van der Waals surface area contributed by atoms with E-state index in [9.17, 15) is 18.0 Å². The van der Waals surface area contributed by atoms with Gasteiger partial charge in [-0.3, -0.25) is 9.59 Å². The van der Waals surface area contributed by atoms with Crippen molar-refractivity contribution < 1.29 is 13.2 Å². The van der Waals surface area contributed by atoms with Gasteiger partial charge >= 0.3 is 0 Å². The van der Waals surface area contributed by atoms with Gasteiger partial charge in [-0.25, -0.2) is 17.7 Å². The summed E-state index contributed by atoms with van der Waals surface area (Å²) in [6.45, 7) is 1.12. The molecule has 170 valence electrons. The first-order valence-corrected chi connectivity index (χ1v) is 14.4. The highest BCUT2D eigenvalue weighted by molar-refractivity contribution is 7.99. The van der Waals surface area contributed by atoms with E-state index < -0.39 is 10.0 Å². The fourth-order valence-corrected chi connectivity index (χ4v) is 7.18. The molecule has 31 heavy (non-hydrogen) atoms. The van der Waals surface area contributed by atoms with E-state index in [2.05, 4.69) is 9.97 Å². The highest BCUT2D eigenvalue weighted by atomic mass is 32.2. The minimum atomic E-state index is -3.21. The van der Waals surface area contributed by atoms with Crippen molar-refractivity contribution in [2.75, 3.05) is 32.1 Å². The van der Waals surface area contributed by atoms with Gasteiger partial charge in [0.1, 0.15) is 10.7 Å². The van der Waals surface area contributed by atoms with Crippen LogP contribution in [0.15, 0.2) is 4.79 Å². The smallest absolute Gasteiger partial charge is 0.259 e. The van der Waals surface area contributed by atoms with E-state index >= 15 is 0 Å². The molecule has 3 heterocycles. The molecule has 0 saturated carbocycles. The predicted octanol–water partition coefficient (Wildman–Crippen LogP) is 1.98. The van der Waals surface area contributed by atoms with Gasteiger partial charge in [0, 0.05) is 31.1 Å². The van der Waals surface area contributed by atoms with Crippen LogP contribution in [0.5, 0.6) is 0 Å². The number of aryl methyl sites for hydroxylation is 2. The third-order valence-corrected chi connectivity index (χ3v) is 9.65. The van der Waals surface area contributed by atoms with Crippen LogP contribution in [0.4, 0.5) is 0 Å². The second-order valence-corrected chi connectivity index (χ2v) is 12.4. The number of sulfonamides is 1. The standard InChI is InChI=1S/C20H28N4O4S3/c1-23(31(2,27)28)13-7-9-24(10-8-13)17(25)12-29-11-16-21-19(26)18-14-5-3-4-6-15(14)30-20(18)22-16/h13H,3-12H2,1-2H3,(H,21,22,26). The highest BCUT2D eigenvalue weighted by Crippen LogP contribution is 2.33. The maximum atomic E-state index is 12.6. The zero-order valence-corrected chi connectivity index (χ0v) is 20.3. The Hall–Kier alpha value is -1.43. The van der Waals surface area contributed by atoms with Crippen molar-refractivity contribution in [1.29, 1.82) is 0 Å². The van der Waals surface area contributed by atoms with Crippen molar-refractivity contribution in [2.45, 2.75) is 50.3 Å². The Balaban J connectivity index is 1.31. The Morgan fingerprint density at radius 1 is 1.29 bits per heavy atom. The molecular weight excluding hydrogens is 456 g/mol. The Morgan fingerprint density at radius 2 is 2.00 bits per heavy atom. The lowest BCUT2D eigenvalue weighted by molar-refractivity contribution is -0.129. The molecule has 1 N–H and O–H groups in total. The first kappa shape index (κ1) is 22.8. The third kappa shape index (κ3) is 4.99. The van der Waals surface area contributed by atoms with Gasteiger partial charge in [0.15, 0.2) is 0 Å². The molecule has 1 aliphatic carbocycles. The molecular formula is C20H28N4O4S3. The number of nitrogens with one attached hydrogen (secondary N) is 1. The van der Waals surface area contributed by atoms with E-state index in [1.807, 2.05) is 0 Å². The molecule has 2 aromatic heterocycles. The number of aromatic amines is 1. The van der Waals surface area contributed by atoms with Crippen LogP contribution < -0.4 is 5.56 Å². The van der Waals surface area contributed by atoms with E-state index in [-0.39, 0.29) is 17.5 Å². The SMILES string of the molecule is CN(C1CCN(C(=O)CSCc2nc3sc4c(c3c(=O)[nH]2)CCCC4)CC1)S(C)(=O)=O. The molecule has 4 rings (SSSR count). The summed E-state index contributed by atoms with van der Waals surface area (Å²) in [5, 5.41) is 0.756. The Bertz CT molecular complexity index is 1130. The van der Waals surface area contributed by atoms with Crippen molar-refractivity contribution in [3.05, 3.63) is 26.6 Å². The van der Waals surface area contributed by atoms with Crippen molar-refractivity contribution >= 4 is 49.2 Å². The first-order chi connectivity index (χ1) is 14.7. The van der Waals surface area contributed by atoms with Crippen LogP contribution in [0, 0.1) is 0 Å². The predicted molar refractivity (Wildman–Crippen MR) is 125 cm³/mol. The van der Waals surface area contributed by atoms with Crippen LogP contribution in [0.1, 0.15) is 41.9 Å². The van der Waals surface area contributed by atoms with Crippen LogP contribution in [0.25, 0.3) is 10.2 Å². The summed E-state index contributed by atoms with van der Waals surface area (Å²) < 4.78 is 24.8. The summed E-state index contributed by atoms with van der Waals surface area (Å²) in [6.07, 6.45) is 6.79. The normalized spacial score (nSPS) is 18.0. The number of rotatable bonds is 6. The maximum absolute atomic E-state index is 12.6. The monoisotopic (exact) mass is 484 g/mol. The maximum Gasteiger partial charge on any atom is 0.259 e. The molecule has 1 fully saturated rings. The average molecular weight is 485 g/mol. The summed E-state index contributed by atoms with van der Waals surface area (Å²) in [4.78, 5) is 36.6. The zero-order chi connectivity index (χ0) is 22.2. The molecule has 0 unspecified atom stereocenters. The zero-order valence-electron chi connectivity index (χ0n) is 17.8. The molecule has 0 aromatic carbocycles. The number of H-pyrrole nitrogens is 1. The minimum absolute atomic E-state index is 0.0421. The molecule has 1 aliphatic heterocycles. The number of thioether (sulfide) groups is 1. The molecule has 2 aliphatic rings. The lowest BCUT2D eigenvalue weighted by Gasteiger charge is -2.35. The van der Waals surface area contributed by atoms with Gasteiger partial charge in [-0.1, -0.05) is 0 Å². The number of hydrogen-bond donors (Lipinski definition) is 1. The summed E-state index contributed by atoms with van der Waals surface area (Å²) in [6, 6.07) is -0.0516. The van der Waals surface area contributed by atoms with Crippen molar-refractivity contribution in [2.24, 2.45) is 0 Å². The summed E-state index contributed by atoms with van der Waals surface area (Å²) in [5.41, 5.74) is 1.11. The first-order valence-electron chi connectivity index (χ1n) is 10.6. The average Bonchev–Trinajstić information content (AvgIpc) is 3.11. The topological polar surface area (TPSA) is 103 Å². The third-order valence-electron chi connectivity index (χ3n) is 6.19. The van der Waals surface area contributed by atoms with Gasteiger partial charge in [-0.15, -0.1) is 23.1 Å². The minimum Gasteiger partial charge on any atom is -0.342 e. The number of likely N-dealkylation sites (tertiary alicyclic amines) is 1. The number of hydrogen-bond acceptors (Lipinski definition) is 7. The van der Waals surface area contributed by atoms with Gasteiger partial charge in [-0.05, 0) is 44.1 Å². The van der Waals surface area contributed by atoms with Crippen LogP contribution in [0.2, 0.25) is 0 Å². The molecule has 0 bridgehead atoms. The number of aromatic nitrogens is 2. The summed E-state index contributed by atoms with van der Waals surface area (Å²) >= 11 is 3.08. The molecule has 0 radical (unpaired) electrons. The van der Waals surface area contributed by atoms with Crippen molar-refractivity contribution in [3.8, 4) is 0 Å². The second-order valence-electron chi connectivity index (χ2n) is 8.29. The lowest BCUT2D eigenvalue weighted by atomic mass is 9.97. The van der Waals surface area contributed by atoms with Gasteiger partial charge in [0.25, 0.3) is 5.56 Å². The Labute approximate surface area is 190 Å². The van der Waals surface area contributed by atoms with Crippen LogP contribution >= 0.6 is 23.1 Å². The molecule has 0 atom stereocenters. The fraction of sp³-hybridized carbons (Fsp3) is 0.650. The molecule has 11 heteroatoms. The molecule has 1 saturated heterocycles. The van der Waals surface area contributed by atoms with Gasteiger partial charge in [0.2, 0.25) is 15.9 Å². The second kappa shape index (κ2) is 9.21. The van der Waals surface area contributed by atoms with E-state index in [1.54, 1.807) is 23.3 Å². The number of amides is 1. The number of nitrogens with zero attached hydrogens (tertiary/aromatic N) is 3. The number of fused-ring (bicyclic) bond motifs is 3. The Kier molecular flexibility index (Phi) is 6.76. The lowest BCUT2D eigenvalue weighted by Crippen LogP contribution is -2.47. The van der Waals surface area contributed by atoms with Crippen LogP contribution in [-0.4, -0.2) is 71.7 Å². The molecule has 8 nitrogen and oxygen atoms in total. The quantitative estimate of drug-likeness (QED) is 0.673. The molecule has 2 aromatic rings. The van der Waals surface area contributed by atoms with Gasteiger partial charge < -0.3 is 9.88 Å². The van der Waals surface area contributed by atoms with E-state index in [4.69, 9.17) is 0 Å². The van der Waals surface area contributed by atoms with E-state index in [0.29, 0.717) is 43.3 Å². The largest absolute Gasteiger partial charge is 0.342 e. The summed E-state index contributed by atoms with van der Waals surface area (Å²) in [7, 11) is -1.62. The van der Waals surface area contributed by atoms with Crippen molar-refractivity contribution in [3.63, 3.8) is 0 Å². The van der Waals surface area contributed by atoms with Gasteiger partial charge in [-0.2, -0.15) is 0 Å². The van der Waals surface area contributed by atoms with Crippen LogP contribution in [-0.2, 0) is 33.4 Å². The van der Waals surface area contributed by atoms with Gasteiger partial charge in [0.05, 0.1) is 23.1 Å². The molecule has 0 spiro atoms. The van der Waals surface area contributed by atoms with E-state index in [0.717, 1.165) is 29.5 Å². The van der Waals surface area contributed by atoms with Crippen LogP contribution in [0.3, 0.4) is 0 Å². The Morgan fingerprint density at radius 3 is 2.71 bits per heavy atom.